The molecule has 0 radical (unpaired) electrons. The van der Waals surface area contributed by atoms with E-state index >= 15 is 0 Å². The van der Waals surface area contributed by atoms with Crippen LogP contribution in [0, 0.1) is 6.92 Å². The minimum Gasteiger partial charge on any atom is -0.506 e. The maximum absolute atomic E-state index is 12.5. The summed E-state index contributed by atoms with van der Waals surface area (Å²) in [4.78, 5) is 12.6. The number of carbonyl (C=O) groups excluding carboxylic acids is 1. The molecule has 0 aliphatic heterocycles. The van der Waals surface area contributed by atoms with Crippen LogP contribution in [0.2, 0.25) is 0 Å². The summed E-state index contributed by atoms with van der Waals surface area (Å²) in [5.74, 6) is 0.160. The van der Waals surface area contributed by atoms with Gasteiger partial charge in [0, 0.05) is 0 Å². The van der Waals surface area contributed by atoms with Crippen LogP contribution in [0.4, 0.5) is 5.69 Å². The van der Waals surface area contributed by atoms with Crippen molar-refractivity contribution in [1.29, 1.82) is 0 Å². The van der Waals surface area contributed by atoms with Gasteiger partial charge >= 0.3 is 0 Å². The highest BCUT2D eigenvalue weighted by Crippen LogP contribution is 2.28. The molecule has 1 amide bonds. The van der Waals surface area contributed by atoms with Crippen LogP contribution in [0.25, 0.3) is 0 Å². The highest BCUT2D eigenvalue weighted by Gasteiger charge is 2.20. The van der Waals surface area contributed by atoms with Crippen LogP contribution < -0.4 is 10.1 Å². The van der Waals surface area contributed by atoms with Crippen molar-refractivity contribution in [2.75, 3.05) is 11.1 Å². The predicted molar refractivity (Wildman–Crippen MR) is 110 cm³/mol. The number of hydrogen-bond acceptors (Lipinski definition) is 5. The van der Waals surface area contributed by atoms with Crippen molar-refractivity contribution in [3.63, 3.8) is 0 Å². The normalized spacial score (nSPS) is 12.6. The van der Waals surface area contributed by atoms with Crippen molar-refractivity contribution in [1.82, 2.24) is 0 Å². The van der Waals surface area contributed by atoms with Gasteiger partial charge in [0.2, 0.25) is 0 Å². The number of sulfone groups is 1. The van der Waals surface area contributed by atoms with Crippen molar-refractivity contribution >= 4 is 21.4 Å². The van der Waals surface area contributed by atoms with E-state index in [9.17, 15) is 18.3 Å². The summed E-state index contributed by atoms with van der Waals surface area (Å²) in [6, 6.07) is 9.69. The number of aromatic hydroxyl groups is 1. The van der Waals surface area contributed by atoms with Gasteiger partial charge in [0.05, 0.1) is 16.3 Å². The Bertz CT molecular complexity index is 967. The molecule has 2 aromatic carbocycles. The van der Waals surface area contributed by atoms with Crippen LogP contribution in [-0.2, 0) is 14.6 Å². The van der Waals surface area contributed by atoms with Gasteiger partial charge in [-0.05, 0) is 55.2 Å². The van der Waals surface area contributed by atoms with Gasteiger partial charge in [-0.25, -0.2) is 8.42 Å². The van der Waals surface area contributed by atoms with E-state index in [2.05, 4.69) is 19.2 Å². The van der Waals surface area contributed by atoms with Gasteiger partial charge in [0.1, 0.15) is 11.5 Å². The van der Waals surface area contributed by atoms with E-state index in [0.717, 1.165) is 11.1 Å². The molecule has 0 spiro atoms. The molecule has 0 aromatic heterocycles. The summed E-state index contributed by atoms with van der Waals surface area (Å²) >= 11 is 0. The molecule has 6 nitrogen and oxygen atoms in total. The van der Waals surface area contributed by atoms with Crippen molar-refractivity contribution in [3.05, 3.63) is 47.5 Å². The third-order valence-corrected chi connectivity index (χ3v) is 6.25. The molecule has 0 aliphatic carbocycles. The summed E-state index contributed by atoms with van der Waals surface area (Å²) < 4.78 is 29.9. The fraction of sp³-hybridized carbons (Fsp3) is 0.381. The second-order valence-corrected chi connectivity index (χ2v) is 9.29. The quantitative estimate of drug-likeness (QED) is 0.679. The first-order valence-electron chi connectivity index (χ1n) is 9.19. The average Bonchev–Trinajstić information content (AvgIpc) is 2.64. The molecule has 0 aliphatic rings. The smallest absolute Gasteiger partial charge is 0.265 e. The lowest BCUT2D eigenvalue weighted by atomic mass is 10.0. The van der Waals surface area contributed by atoms with E-state index < -0.39 is 21.8 Å². The zero-order chi connectivity index (χ0) is 21.1. The van der Waals surface area contributed by atoms with E-state index in [1.165, 1.54) is 25.1 Å². The molecule has 28 heavy (non-hydrogen) atoms. The first-order chi connectivity index (χ1) is 13.0. The molecule has 2 aromatic rings. The largest absolute Gasteiger partial charge is 0.506 e. The zero-order valence-corrected chi connectivity index (χ0v) is 17.6. The average molecular weight is 406 g/mol. The number of benzene rings is 2. The minimum atomic E-state index is -3.45. The highest BCUT2D eigenvalue weighted by atomic mass is 32.2. The molecule has 152 valence electrons. The lowest BCUT2D eigenvalue weighted by Gasteiger charge is -2.18. The van der Waals surface area contributed by atoms with E-state index in [0.29, 0.717) is 11.7 Å². The lowest BCUT2D eigenvalue weighted by molar-refractivity contribution is -0.122. The molecule has 0 saturated heterocycles. The van der Waals surface area contributed by atoms with Crippen molar-refractivity contribution in [2.24, 2.45) is 0 Å². The molecule has 2 N–H and O–H groups in total. The Kier molecular flexibility index (Phi) is 6.72. The maximum atomic E-state index is 12.5. The van der Waals surface area contributed by atoms with Crippen molar-refractivity contribution < 1.29 is 23.1 Å². The molecule has 7 heteroatoms. The van der Waals surface area contributed by atoms with Gasteiger partial charge < -0.3 is 15.2 Å². The minimum absolute atomic E-state index is 0.0302. The number of anilines is 1. The summed E-state index contributed by atoms with van der Waals surface area (Å²) in [6.07, 6.45) is -0.841. The fourth-order valence-corrected chi connectivity index (χ4v) is 3.46. The number of phenols is 1. The van der Waals surface area contributed by atoms with E-state index in [1.807, 2.05) is 25.1 Å². The first-order valence-corrected chi connectivity index (χ1v) is 10.8. The Morgan fingerprint density at radius 1 is 1.14 bits per heavy atom. The van der Waals surface area contributed by atoms with Crippen LogP contribution in [-0.4, -0.2) is 31.3 Å². The van der Waals surface area contributed by atoms with Gasteiger partial charge in [-0.2, -0.15) is 0 Å². The van der Waals surface area contributed by atoms with Crippen LogP contribution in [0.15, 0.2) is 41.3 Å². The molecule has 1 unspecified atom stereocenters. The third kappa shape index (κ3) is 5.04. The SMILES string of the molecule is CCS(=O)(=O)c1ccc(O)c(NC(=O)C(C)Oc2cc(C(C)C)ccc2C)c1. The number of phenolic OH excluding ortho intramolecular Hbond substituents is 1. The number of amides is 1. The summed E-state index contributed by atoms with van der Waals surface area (Å²) in [5, 5.41) is 12.5. The van der Waals surface area contributed by atoms with Gasteiger partial charge in [0.25, 0.3) is 5.91 Å². The number of carbonyl (C=O) groups is 1. The highest BCUT2D eigenvalue weighted by molar-refractivity contribution is 7.91. The molecule has 0 bridgehead atoms. The second-order valence-electron chi connectivity index (χ2n) is 7.01. The lowest BCUT2D eigenvalue weighted by Crippen LogP contribution is -2.30. The van der Waals surface area contributed by atoms with Crippen molar-refractivity contribution in [3.8, 4) is 11.5 Å². The first kappa shape index (κ1) is 21.8. The van der Waals surface area contributed by atoms with Gasteiger partial charge in [-0.3, -0.25) is 4.79 Å². The van der Waals surface area contributed by atoms with E-state index in [1.54, 1.807) is 6.92 Å². The summed E-state index contributed by atoms with van der Waals surface area (Å²) in [7, 11) is -3.45. The Morgan fingerprint density at radius 2 is 1.82 bits per heavy atom. The number of rotatable bonds is 7. The Balaban J connectivity index is 2.19. The van der Waals surface area contributed by atoms with Crippen molar-refractivity contribution in [2.45, 2.75) is 51.5 Å². The molecule has 0 saturated carbocycles. The fourth-order valence-electron chi connectivity index (χ4n) is 2.56. The summed E-state index contributed by atoms with van der Waals surface area (Å²) in [6.45, 7) is 9.18. The van der Waals surface area contributed by atoms with Crippen LogP contribution in [0.3, 0.4) is 0 Å². The Labute approximate surface area is 166 Å². The number of hydrogen-bond donors (Lipinski definition) is 2. The maximum Gasteiger partial charge on any atom is 0.265 e. The van der Waals surface area contributed by atoms with Crippen LogP contribution in [0.5, 0.6) is 11.5 Å². The van der Waals surface area contributed by atoms with Crippen LogP contribution in [0.1, 0.15) is 44.7 Å². The van der Waals surface area contributed by atoms with Gasteiger partial charge in [-0.15, -0.1) is 0 Å². The monoisotopic (exact) mass is 405 g/mol. The molecule has 0 heterocycles. The molecular formula is C21H27NO5S. The predicted octanol–water partition coefficient (Wildman–Crippen LogP) is 4.02. The molecule has 1 atom stereocenters. The molecule has 0 fully saturated rings. The molecule has 2 rings (SSSR count). The van der Waals surface area contributed by atoms with E-state index in [-0.39, 0.29) is 22.1 Å². The third-order valence-electron chi connectivity index (χ3n) is 4.52. The van der Waals surface area contributed by atoms with Gasteiger partial charge in [0.15, 0.2) is 15.9 Å². The Hall–Kier alpha value is -2.54. The zero-order valence-electron chi connectivity index (χ0n) is 16.8. The van der Waals surface area contributed by atoms with Gasteiger partial charge in [-0.1, -0.05) is 32.9 Å². The number of nitrogens with one attached hydrogen (secondary N) is 1. The molecular weight excluding hydrogens is 378 g/mol. The number of aryl methyl sites for hydroxylation is 1. The van der Waals surface area contributed by atoms with E-state index in [4.69, 9.17) is 4.74 Å². The standard InChI is InChI=1S/C21H27NO5S/c1-6-28(25,26)17-9-10-19(23)18(12-17)22-21(24)15(5)27-20-11-16(13(2)3)8-7-14(20)4/h7-13,15,23H,6H2,1-5H3,(H,22,24). The summed E-state index contributed by atoms with van der Waals surface area (Å²) in [5.41, 5.74) is 2.04. The number of ether oxygens (including phenoxy) is 1. The topological polar surface area (TPSA) is 92.7 Å². The Morgan fingerprint density at radius 3 is 2.43 bits per heavy atom. The van der Waals surface area contributed by atoms with Crippen LogP contribution >= 0.6 is 0 Å². The second kappa shape index (κ2) is 8.65.